The summed E-state index contributed by atoms with van der Waals surface area (Å²) in [6.07, 6.45) is 4.94. The van der Waals surface area contributed by atoms with Crippen LogP contribution in [0.25, 0.3) is 0 Å². The Labute approximate surface area is 121 Å². The number of aromatic nitrogens is 2. The van der Waals surface area contributed by atoms with Crippen molar-refractivity contribution >= 4 is 15.9 Å². The number of ether oxygens (including phenoxy) is 1. The van der Waals surface area contributed by atoms with Crippen molar-refractivity contribution in [2.75, 3.05) is 19.7 Å². The Hall–Kier alpha value is -1.33. The van der Waals surface area contributed by atoms with Gasteiger partial charge in [-0.25, -0.2) is 0 Å². The number of halogens is 1. The number of hydrogen-bond acceptors (Lipinski definition) is 3. The largest absolute Gasteiger partial charge is 0.492 e. The SMILES string of the molecule is Cn1cc(CCNCCOc2ccc(Br)cc2)cn1. The summed E-state index contributed by atoms with van der Waals surface area (Å²) in [5, 5.41) is 7.49. The van der Waals surface area contributed by atoms with Crippen LogP contribution in [0.4, 0.5) is 0 Å². The maximum atomic E-state index is 5.62. The summed E-state index contributed by atoms with van der Waals surface area (Å²) < 4.78 is 8.51. The Morgan fingerprint density at radius 3 is 2.74 bits per heavy atom. The molecule has 0 fully saturated rings. The predicted molar refractivity (Wildman–Crippen MR) is 79.4 cm³/mol. The second-order valence-electron chi connectivity index (χ2n) is 4.32. The summed E-state index contributed by atoms with van der Waals surface area (Å²) in [5.41, 5.74) is 1.25. The lowest BCUT2D eigenvalue weighted by atomic mass is 10.2. The van der Waals surface area contributed by atoms with Crippen LogP contribution in [0.3, 0.4) is 0 Å². The molecule has 0 aliphatic carbocycles. The molecule has 1 aromatic heterocycles. The second kappa shape index (κ2) is 7.31. The first kappa shape index (κ1) is 14.1. The number of nitrogens with zero attached hydrogens (tertiary/aromatic N) is 2. The Balaban J connectivity index is 1.56. The van der Waals surface area contributed by atoms with Gasteiger partial charge in [-0.05, 0) is 42.8 Å². The first-order valence-corrected chi connectivity index (χ1v) is 7.10. The molecule has 0 spiro atoms. The normalized spacial score (nSPS) is 10.6. The fourth-order valence-electron chi connectivity index (χ4n) is 1.73. The highest BCUT2D eigenvalue weighted by molar-refractivity contribution is 9.10. The minimum atomic E-state index is 0.675. The zero-order valence-corrected chi connectivity index (χ0v) is 12.6. The second-order valence-corrected chi connectivity index (χ2v) is 5.24. The maximum absolute atomic E-state index is 5.62. The van der Waals surface area contributed by atoms with Crippen molar-refractivity contribution in [3.05, 3.63) is 46.7 Å². The van der Waals surface area contributed by atoms with Crippen LogP contribution in [-0.2, 0) is 13.5 Å². The third-order valence-electron chi connectivity index (χ3n) is 2.71. The quantitative estimate of drug-likeness (QED) is 0.795. The average Bonchev–Trinajstić information content (AvgIpc) is 2.81. The standard InChI is InChI=1S/C14H18BrN3O/c1-18-11-12(10-17-18)6-7-16-8-9-19-14-4-2-13(15)3-5-14/h2-5,10-11,16H,6-9H2,1H3. The van der Waals surface area contributed by atoms with E-state index in [1.54, 1.807) is 0 Å². The van der Waals surface area contributed by atoms with Crippen LogP contribution in [0, 0.1) is 0 Å². The van der Waals surface area contributed by atoms with E-state index in [9.17, 15) is 0 Å². The van der Waals surface area contributed by atoms with E-state index in [0.717, 1.165) is 29.7 Å². The van der Waals surface area contributed by atoms with Gasteiger partial charge in [0.15, 0.2) is 0 Å². The zero-order valence-electron chi connectivity index (χ0n) is 11.0. The molecule has 19 heavy (non-hydrogen) atoms. The van der Waals surface area contributed by atoms with Gasteiger partial charge in [0.25, 0.3) is 0 Å². The highest BCUT2D eigenvalue weighted by Gasteiger charge is 1.96. The van der Waals surface area contributed by atoms with Gasteiger partial charge in [-0.3, -0.25) is 4.68 Å². The lowest BCUT2D eigenvalue weighted by Gasteiger charge is -2.07. The number of hydrogen-bond donors (Lipinski definition) is 1. The first-order chi connectivity index (χ1) is 9.24. The number of nitrogens with one attached hydrogen (secondary N) is 1. The van der Waals surface area contributed by atoms with Gasteiger partial charge in [-0.15, -0.1) is 0 Å². The lowest BCUT2D eigenvalue weighted by Crippen LogP contribution is -2.23. The van der Waals surface area contributed by atoms with Crippen LogP contribution in [0.2, 0.25) is 0 Å². The van der Waals surface area contributed by atoms with E-state index in [0.29, 0.717) is 6.61 Å². The molecular weight excluding hydrogens is 306 g/mol. The topological polar surface area (TPSA) is 39.1 Å². The van der Waals surface area contributed by atoms with E-state index in [1.807, 2.05) is 48.4 Å². The Morgan fingerprint density at radius 2 is 2.05 bits per heavy atom. The molecule has 0 atom stereocenters. The van der Waals surface area contributed by atoms with Gasteiger partial charge in [-0.2, -0.15) is 5.10 Å². The van der Waals surface area contributed by atoms with Gasteiger partial charge in [0.2, 0.25) is 0 Å². The van der Waals surface area contributed by atoms with Gasteiger partial charge in [0, 0.05) is 24.3 Å². The molecular formula is C14H18BrN3O. The molecule has 0 saturated carbocycles. The minimum absolute atomic E-state index is 0.675. The summed E-state index contributed by atoms with van der Waals surface area (Å²) in [5.74, 6) is 0.900. The average molecular weight is 324 g/mol. The van der Waals surface area contributed by atoms with Crippen molar-refractivity contribution in [2.24, 2.45) is 7.05 Å². The van der Waals surface area contributed by atoms with Gasteiger partial charge < -0.3 is 10.1 Å². The molecule has 5 heteroatoms. The monoisotopic (exact) mass is 323 g/mol. The Morgan fingerprint density at radius 1 is 1.26 bits per heavy atom. The molecule has 102 valence electrons. The van der Waals surface area contributed by atoms with Crippen molar-refractivity contribution in [3.63, 3.8) is 0 Å². The Kier molecular flexibility index (Phi) is 5.42. The molecule has 1 N–H and O–H groups in total. The van der Waals surface area contributed by atoms with Gasteiger partial charge in [-0.1, -0.05) is 15.9 Å². The number of benzene rings is 1. The van der Waals surface area contributed by atoms with Crippen molar-refractivity contribution in [2.45, 2.75) is 6.42 Å². The van der Waals surface area contributed by atoms with Crippen molar-refractivity contribution in [1.29, 1.82) is 0 Å². The van der Waals surface area contributed by atoms with Crippen molar-refractivity contribution < 1.29 is 4.74 Å². The van der Waals surface area contributed by atoms with E-state index in [1.165, 1.54) is 5.56 Å². The number of rotatable bonds is 7. The molecule has 0 bridgehead atoms. The first-order valence-electron chi connectivity index (χ1n) is 6.30. The molecule has 1 heterocycles. The lowest BCUT2D eigenvalue weighted by molar-refractivity contribution is 0.314. The molecule has 0 saturated heterocycles. The van der Waals surface area contributed by atoms with E-state index in [-0.39, 0.29) is 0 Å². The highest BCUT2D eigenvalue weighted by atomic mass is 79.9. The summed E-state index contributed by atoms with van der Waals surface area (Å²) >= 11 is 3.40. The molecule has 4 nitrogen and oxygen atoms in total. The maximum Gasteiger partial charge on any atom is 0.119 e. The van der Waals surface area contributed by atoms with Crippen molar-refractivity contribution in [1.82, 2.24) is 15.1 Å². The molecule has 0 aliphatic rings. The third-order valence-corrected chi connectivity index (χ3v) is 3.24. The van der Waals surface area contributed by atoms with Gasteiger partial charge in [0.1, 0.15) is 12.4 Å². The van der Waals surface area contributed by atoms with E-state index >= 15 is 0 Å². The third kappa shape index (κ3) is 5.04. The highest BCUT2D eigenvalue weighted by Crippen LogP contribution is 2.15. The Bertz CT molecular complexity index is 496. The van der Waals surface area contributed by atoms with Crippen LogP contribution in [0.1, 0.15) is 5.56 Å². The van der Waals surface area contributed by atoms with Crippen LogP contribution in [-0.4, -0.2) is 29.5 Å². The van der Waals surface area contributed by atoms with Crippen LogP contribution in [0.5, 0.6) is 5.75 Å². The van der Waals surface area contributed by atoms with Gasteiger partial charge >= 0.3 is 0 Å². The zero-order chi connectivity index (χ0) is 13.5. The molecule has 0 aliphatic heterocycles. The fourth-order valence-corrected chi connectivity index (χ4v) is 1.99. The van der Waals surface area contributed by atoms with Crippen LogP contribution >= 0.6 is 15.9 Å². The molecule has 2 rings (SSSR count). The van der Waals surface area contributed by atoms with E-state index in [2.05, 4.69) is 26.3 Å². The van der Waals surface area contributed by atoms with E-state index in [4.69, 9.17) is 4.74 Å². The molecule has 1 aromatic carbocycles. The molecule has 0 unspecified atom stereocenters. The van der Waals surface area contributed by atoms with E-state index < -0.39 is 0 Å². The molecule has 0 amide bonds. The summed E-state index contributed by atoms with van der Waals surface area (Å²) in [7, 11) is 1.93. The van der Waals surface area contributed by atoms with Crippen LogP contribution in [0.15, 0.2) is 41.1 Å². The molecule has 2 aromatic rings. The number of aryl methyl sites for hydroxylation is 1. The summed E-state index contributed by atoms with van der Waals surface area (Å²) in [6, 6.07) is 7.87. The smallest absolute Gasteiger partial charge is 0.119 e. The predicted octanol–water partition coefficient (Wildman–Crippen LogP) is 2.39. The summed E-state index contributed by atoms with van der Waals surface area (Å²) in [6.45, 7) is 2.46. The van der Waals surface area contributed by atoms with Crippen molar-refractivity contribution in [3.8, 4) is 5.75 Å². The van der Waals surface area contributed by atoms with Gasteiger partial charge in [0.05, 0.1) is 6.20 Å². The minimum Gasteiger partial charge on any atom is -0.492 e. The van der Waals surface area contributed by atoms with Crippen LogP contribution < -0.4 is 10.1 Å². The summed E-state index contributed by atoms with van der Waals surface area (Å²) in [4.78, 5) is 0. The fraction of sp³-hybridized carbons (Fsp3) is 0.357. The molecule has 0 radical (unpaired) electrons.